The minimum absolute atomic E-state index is 0.0969. The molecule has 0 aliphatic carbocycles. The molecule has 0 aliphatic rings. The van der Waals surface area contributed by atoms with Crippen LogP contribution >= 0.6 is 0 Å². The maximum absolute atomic E-state index is 12.9. The highest BCUT2D eigenvalue weighted by Gasteiger charge is 2.19. The van der Waals surface area contributed by atoms with E-state index in [1.807, 2.05) is 30.4 Å². The summed E-state index contributed by atoms with van der Waals surface area (Å²) in [6, 6.07) is 0. The van der Waals surface area contributed by atoms with E-state index >= 15 is 0 Å². The molecule has 1 atom stereocenters. The number of allylic oxidation sites excluding steroid dienone is 16. The molecule has 0 aliphatic heterocycles. The lowest BCUT2D eigenvalue weighted by molar-refractivity contribution is -0.167. The SMILES string of the molecule is CC/C=C/C=C/C=C/C=C/CCCCCC(=O)OCC(COC(=O)CCCCCCCC/C=C/C/C=C/C/C=C/C/C=C/CC)OC(=O)CCCCCCCCCCCCCCCCCCCCC. The first-order valence-corrected chi connectivity index (χ1v) is 28.8. The first-order chi connectivity index (χ1) is 34.0. The largest absolute Gasteiger partial charge is 0.462 e. The van der Waals surface area contributed by atoms with Gasteiger partial charge >= 0.3 is 17.9 Å². The minimum Gasteiger partial charge on any atom is -0.462 e. The van der Waals surface area contributed by atoms with Crippen LogP contribution in [0, 0.1) is 0 Å². The predicted molar refractivity (Wildman–Crippen MR) is 297 cm³/mol. The zero-order valence-electron chi connectivity index (χ0n) is 45.0. The van der Waals surface area contributed by atoms with Crippen molar-refractivity contribution >= 4 is 17.9 Å². The fraction of sp³-hybridized carbons (Fsp3) is 0.698. The molecule has 0 radical (unpaired) electrons. The molecule has 0 aromatic rings. The molecule has 0 N–H and O–H groups in total. The van der Waals surface area contributed by atoms with E-state index in [-0.39, 0.29) is 31.1 Å². The molecule has 0 rings (SSSR count). The van der Waals surface area contributed by atoms with Gasteiger partial charge in [0.1, 0.15) is 13.2 Å². The van der Waals surface area contributed by atoms with Crippen LogP contribution in [-0.4, -0.2) is 37.2 Å². The number of carbonyl (C=O) groups excluding carboxylic acids is 3. The molecule has 0 aromatic heterocycles. The van der Waals surface area contributed by atoms with Crippen LogP contribution in [0.3, 0.4) is 0 Å². The van der Waals surface area contributed by atoms with E-state index in [2.05, 4.69) is 87.6 Å². The molecule has 6 nitrogen and oxygen atoms in total. The number of carbonyl (C=O) groups is 3. The standard InChI is InChI=1S/C63H106O6/c1-4-7-10-13-16-19-22-25-27-29-31-33-35-38-41-44-47-50-53-56-62(65)68-59-60(58-67-61(64)55-52-49-46-43-40-37-24-21-18-15-12-9-6-3)69-63(66)57-54-51-48-45-42-39-36-34-32-30-28-26-23-20-17-14-11-8-5-2/h7,9-10,12,15-16,18-19,21,24-25,27,31,33,37,40,60H,4-6,8,11,13-14,17,20,22-23,26,28-30,32,34-36,38-39,41-59H2,1-3H3/b10-7+,12-9+,18-15+,19-16+,24-21+,27-25+,33-31+,40-37+. The molecular weight excluding hydrogens is 853 g/mol. The van der Waals surface area contributed by atoms with Gasteiger partial charge in [0.25, 0.3) is 0 Å². The van der Waals surface area contributed by atoms with Gasteiger partial charge in [0.2, 0.25) is 0 Å². The molecule has 394 valence electrons. The van der Waals surface area contributed by atoms with E-state index in [0.717, 1.165) is 109 Å². The van der Waals surface area contributed by atoms with Crippen molar-refractivity contribution in [3.8, 4) is 0 Å². The van der Waals surface area contributed by atoms with Crippen LogP contribution in [0.2, 0.25) is 0 Å². The average molecular weight is 960 g/mol. The van der Waals surface area contributed by atoms with Gasteiger partial charge in [-0.15, -0.1) is 0 Å². The Kier molecular flexibility index (Phi) is 53.9. The Morgan fingerprint density at radius 3 is 1.07 bits per heavy atom. The number of ether oxygens (including phenoxy) is 3. The van der Waals surface area contributed by atoms with Crippen molar-refractivity contribution in [1.29, 1.82) is 0 Å². The first kappa shape index (κ1) is 65.3. The predicted octanol–water partition coefficient (Wildman–Crippen LogP) is 19.3. The van der Waals surface area contributed by atoms with Crippen LogP contribution in [0.1, 0.15) is 265 Å². The molecule has 6 heteroatoms. The summed E-state index contributed by atoms with van der Waals surface area (Å²) in [5.74, 6) is -0.944. The molecule has 1 unspecified atom stereocenters. The fourth-order valence-electron chi connectivity index (χ4n) is 7.92. The Morgan fingerprint density at radius 1 is 0.319 bits per heavy atom. The average Bonchev–Trinajstić information content (AvgIpc) is 3.35. The zero-order chi connectivity index (χ0) is 50.0. The molecule has 0 heterocycles. The van der Waals surface area contributed by atoms with Gasteiger partial charge < -0.3 is 14.2 Å². The molecule has 0 saturated carbocycles. The maximum atomic E-state index is 12.9. The second-order valence-electron chi connectivity index (χ2n) is 18.9. The topological polar surface area (TPSA) is 78.9 Å². The van der Waals surface area contributed by atoms with Crippen molar-refractivity contribution < 1.29 is 28.6 Å². The summed E-state index contributed by atoms with van der Waals surface area (Å²) in [6.07, 6.45) is 75.4. The highest BCUT2D eigenvalue weighted by atomic mass is 16.6. The van der Waals surface area contributed by atoms with Crippen molar-refractivity contribution in [2.75, 3.05) is 13.2 Å². The summed E-state index contributed by atoms with van der Waals surface area (Å²) in [5.41, 5.74) is 0. The Balaban J connectivity index is 4.41. The van der Waals surface area contributed by atoms with Crippen LogP contribution in [-0.2, 0) is 28.6 Å². The summed E-state index contributed by atoms with van der Waals surface area (Å²) < 4.78 is 16.8. The first-order valence-electron chi connectivity index (χ1n) is 28.8. The Morgan fingerprint density at radius 2 is 0.638 bits per heavy atom. The van der Waals surface area contributed by atoms with Crippen LogP contribution in [0.5, 0.6) is 0 Å². The van der Waals surface area contributed by atoms with E-state index in [4.69, 9.17) is 14.2 Å². The number of rotatable bonds is 51. The smallest absolute Gasteiger partial charge is 0.306 e. The van der Waals surface area contributed by atoms with Gasteiger partial charge in [-0.3, -0.25) is 14.4 Å². The minimum atomic E-state index is -0.799. The summed E-state index contributed by atoms with van der Waals surface area (Å²) in [4.78, 5) is 38.1. The third-order valence-corrected chi connectivity index (χ3v) is 12.2. The Bertz CT molecular complexity index is 1380. The lowest BCUT2D eigenvalue weighted by atomic mass is 10.0. The van der Waals surface area contributed by atoms with Crippen LogP contribution < -0.4 is 0 Å². The number of esters is 3. The van der Waals surface area contributed by atoms with Crippen molar-refractivity contribution in [3.63, 3.8) is 0 Å². The fourth-order valence-corrected chi connectivity index (χ4v) is 7.92. The van der Waals surface area contributed by atoms with E-state index in [1.54, 1.807) is 0 Å². The van der Waals surface area contributed by atoms with Gasteiger partial charge in [-0.2, -0.15) is 0 Å². The lowest BCUT2D eigenvalue weighted by Crippen LogP contribution is -2.30. The highest BCUT2D eigenvalue weighted by molar-refractivity contribution is 5.71. The normalized spacial score (nSPS) is 12.8. The van der Waals surface area contributed by atoms with Gasteiger partial charge in [0.05, 0.1) is 0 Å². The van der Waals surface area contributed by atoms with Crippen molar-refractivity contribution in [1.82, 2.24) is 0 Å². The summed E-state index contributed by atoms with van der Waals surface area (Å²) in [6.45, 7) is 6.36. The summed E-state index contributed by atoms with van der Waals surface area (Å²) >= 11 is 0. The lowest BCUT2D eigenvalue weighted by Gasteiger charge is -2.18. The summed E-state index contributed by atoms with van der Waals surface area (Å²) in [5, 5.41) is 0. The molecular formula is C63H106O6. The van der Waals surface area contributed by atoms with Crippen molar-refractivity contribution in [3.05, 3.63) is 97.2 Å². The second-order valence-corrected chi connectivity index (χ2v) is 18.9. The number of unbranched alkanes of at least 4 members (excludes halogenated alkanes) is 27. The number of hydrogen-bond acceptors (Lipinski definition) is 6. The molecule has 0 fully saturated rings. The monoisotopic (exact) mass is 959 g/mol. The third-order valence-electron chi connectivity index (χ3n) is 12.2. The van der Waals surface area contributed by atoms with Gasteiger partial charge in [-0.1, -0.05) is 266 Å². The van der Waals surface area contributed by atoms with Crippen molar-refractivity contribution in [2.45, 2.75) is 271 Å². The molecule has 0 amide bonds. The van der Waals surface area contributed by atoms with Gasteiger partial charge in [0, 0.05) is 19.3 Å². The van der Waals surface area contributed by atoms with E-state index in [0.29, 0.717) is 19.3 Å². The molecule has 0 aromatic carbocycles. The van der Waals surface area contributed by atoms with Gasteiger partial charge in [-0.05, 0) is 77.0 Å². The maximum Gasteiger partial charge on any atom is 0.306 e. The van der Waals surface area contributed by atoms with Crippen LogP contribution in [0.15, 0.2) is 97.2 Å². The third kappa shape index (κ3) is 55.1. The molecule has 0 bridgehead atoms. The zero-order valence-corrected chi connectivity index (χ0v) is 45.0. The molecule has 0 saturated heterocycles. The molecule has 0 spiro atoms. The number of hydrogen-bond donors (Lipinski definition) is 0. The van der Waals surface area contributed by atoms with Crippen molar-refractivity contribution in [2.24, 2.45) is 0 Å². The van der Waals surface area contributed by atoms with Crippen LogP contribution in [0.4, 0.5) is 0 Å². The highest BCUT2D eigenvalue weighted by Crippen LogP contribution is 2.16. The van der Waals surface area contributed by atoms with Gasteiger partial charge in [-0.25, -0.2) is 0 Å². The Labute approximate surface area is 426 Å². The van der Waals surface area contributed by atoms with E-state index in [1.165, 1.54) is 116 Å². The van der Waals surface area contributed by atoms with E-state index in [9.17, 15) is 14.4 Å². The van der Waals surface area contributed by atoms with Gasteiger partial charge in [0.15, 0.2) is 6.10 Å². The molecule has 69 heavy (non-hydrogen) atoms. The quantitative estimate of drug-likeness (QED) is 0.0199. The Hall–Kier alpha value is -3.67. The second kappa shape index (κ2) is 56.9. The summed E-state index contributed by atoms with van der Waals surface area (Å²) in [7, 11) is 0. The van der Waals surface area contributed by atoms with Crippen LogP contribution in [0.25, 0.3) is 0 Å². The van der Waals surface area contributed by atoms with E-state index < -0.39 is 6.10 Å².